The van der Waals surface area contributed by atoms with E-state index >= 15 is 0 Å². The Bertz CT molecular complexity index is 1200. The Morgan fingerprint density at radius 3 is 2.73 bits per heavy atom. The normalized spacial score (nSPS) is 13.5. The van der Waals surface area contributed by atoms with Crippen molar-refractivity contribution in [3.63, 3.8) is 0 Å². The molecule has 0 spiro atoms. The number of amides is 3. The third kappa shape index (κ3) is 4.53. The van der Waals surface area contributed by atoms with Gasteiger partial charge in [-0.2, -0.15) is 0 Å². The number of aliphatic hydroxyl groups is 1. The summed E-state index contributed by atoms with van der Waals surface area (Å²) in [4.78, 5) is 30.9. The summed E-state index contributed by atoms with van der Waals surface area (Å²) in [5, 5.41) is 22.7. The Hall–Kier alpha value is -3.86. The lowest BCUT2D eigenvalue weighted by Crippen LogP contribution is -2.36. The van der Waals surface area contributed by atoms with Gasteiger partial charge in [0.2, 0.25) is 0 Å². The van der Waals surface area contributed by atoms with Crippen molar-refractivity contribution in [1.29, 1.82) is 0 Å². The molecular formula is C22H24FN7O3. The van der Waals surface area contributed by atoms with E-state index in [4.69, 9.17) is 0 Å². The summed E-state index contributed by atoms with van der Waals surface area (Å²) in [5.74, 6) is -0.673. The maximum absolute atomic E-state index is 14.7. The first-order valence-electron chi connectivity index (χ1n) is 10.5. The van der Waals surface area contributed by atoms with E-state index in [1.807, 2.05) is 13.8 Å². The Labute approximate surface area is 189 Å². The summed E-state index contributed by atoms with van der Waals surface area (Å²) in [6.07, 6.45) is 1.49. The van der Waals surface area contributed by atoms with Crippen molar-refractivity contribution < 1.29 is 19.1 Å². The molecular weight excluding hydrogens is 429 g/mol. The number of halogens is 1. The fraction of sp³-hybridized carbons (Fsp3) is 0.318. The van der Waals surface area contributed by atoms with Crippen LogP contribution in [0.5, 0.6) is 0 Å². The molecule has 1 atom stereocenters. The average Bonchev–Trinajstić information content (AvgIpc) is 3.45. The van der Waals surface area contributed by atoms with Crippen LogP contribution in [0.3, 0.4) is 0 Å². The Kier molecular flexibility index (Phi) is 6.31. The molecule has 0 fully saturated rings. The second kappa shape index (κ2) is 9.33. The zero-order valence-electron chi connectivity index (χ0n) is 18.2. The molecule has 11 heteroatoms. The van der Waals surface area contributed by atoms with E-state index in [9.17, 15) is 19.1 Å². The van der Waals surface area contributed by atoms with E-state index in [1.54, 1.807) is 27.7 Å². The number of carbonyl (C=O) groups excluding carboxylic acids is 2. The van der Waals surface area contributed by atoms with Crippen molar-refractivity contribution in [2.75, 3.05) is 18.5 Å². The number of pyridine rings is 1. The standard InChI is InChI=1S/C22H24FN7O3/c1-3-24-22(33)29-9-14-7-16(17(23)8-15(14)10-29)21(32)27-19-6-4-5-18(26-19)20-28-25-12-30(20)13(2)11-31/h4-8,12-13,31H,3,9-11H2,1-2H3,(H,24,33)(H,26,27,32)/t13-/m1/s1. The highest BCUT2D eigenvalue weighted by molar-refractivity contribution is 6.04. The Balaban J connectivity index is 1.54. The molecule has 0 bridgehead atoms. The maximum atomic E-state index is 14.7. The van der Waals surface area contributed by atoms with Crippen LogP contribution in [0.4, 0.5) is 15.0 Å². The molecule has 0 unspecified atom stereocenters. The van der Waals surface area contributed by atoms with E-state index in [1.165, 1.54) is 18.5 Å². The Morgan fingerprint density at radius 2 is 2.00 bits per heavy atom. The smallest absolute Gasteiger partial charge is 0.317 e. The van der Waals surface area contributed by atoms with Gasteiger partial charge in [-0.3, -0.25) is 4.79 Å². The van der Waals surface area contributed by atoms with E-state index in [-0.39, 0.29) is 36.6 Å². The molecule has 1 aliphatic heterocycles. The maximum Gasteiger partial charge on any atom is 0.317 e. The first-order valence-corrected chi connectivity index (χ1v) is 10.5. The highest BCUT2D eigenvalue weighted by Gasteiger charge is 2.26. The van der Waals surface area contributed by atoms with Gasteiger partial charge in [-0.05, 0) is 49.2 Å². The van der Waals surface area contributed by atoms with Gasteiger partial charge in [0, 0.05) is 19.6 Å². The minimum Gasteiger partial charge on any atom is -0.394 e. The lowest BCUT2D eigenvalue weighted by molar-refractivity contribution is 0.102. The molecule has 0 saturated heterocycles. The van der Waals surface area contributed by atoms with Crippen LogP contribution >= 0.6 is 0 Å². The molecule has 2 aromatic heterocycles. The van der Waals surface area contributed by atoms with E-state index < -0.39 is 11.7 Å². The molecule has 3 heterocycles. The van der Waals surface area contributed by atoms with Crippen LogP contribution in [-0.4, -0.2) is 54.8 Å². The number of hydrogen-bond donors (Lipinski definition) is 3. The van der Waals surface area contributed by atoms with E-state index in [0.29, 0.717) is 30.2 Å². The van der Waals surface area contributed by atoms with Gasteiger partial charge in [-0.1, -0.05) is 6.07 Å². The first kappa shape index (κ1) is 22.3. The minimum atomic E-state index is -0.670. The molecule has 33 heavy (non-hydrogen) atoms. The second-order valence-corrected chi connectivity index (χ2v) is 7.75. The summed E-state index contributed by atoms with van der Waals surface area (Å²) in [5.41, 5.74) is 1.71. The van der Waals surface area contributed by atoms with Crippen LogP contribution in [0.15, 0.2) is 36.7 Å². The topological polar surface area (TPSA) is 125 Å². The fourth-order valence-electron chi connectivity index (χ4n) is 3.65. The summed E-state index contributed by atoms with van der Waals surface area (Å²) >= 11 is 0. The first-order chi connectivity index (χ1) is 15.9. The summed E-state index contributed by atoms with van der Waals surface area (Å²) in [6.45, 7) is 4.61. The third-order valence-electron chi connectivity index (χ3n) is 5.40. The molecule has 0 radical (unpaired) electrons. The number of anilines is 1. The van der Waals surface area contributed by atoms with Crippen molar-refractivity contribution in [3.05, 3.63) is 59.2 Å². The van der Waals surface area contributed by atoms with Crippen LogP contribution < -0.4 is 10.6 Å². The fourth-order valence-corrected chi connectivity index (χ4v) is 3.65. The van der Waals surface area contributed by atoms with Gasteiger partial charge in [0.1, 0.15) is 23.7 Å². The number of rotatable bonds is 6. The quantitative estimate of drug-likeness (QED) is 0.526. The number of nitrogens with one attached hydrogen (secondary N) is 2. The lowest BCUT2D eigenvalue weighted by atomic mass is 10.1. The molecule has 3 amide bonds. The van der Waals surface area contributed by atoms with E-state index in [0.717, 1.165) is 5.56 Å². The molecule has 172 valence electrons. The van der Waals surface area contributed by atoms with Crippen molar-refractivity contribution in [3.8, 4) is 11.5 Å². The highest BCUT2D eigenvalue weighted by Crippen LogP contribution is 2.27. The molecule has 0 aliphatic carbocycles. The van der Waals surface area contributed by atoms with Gasteiger partial charge >= 0.3 is 6.03 Å². The predicted molar refractivity (Wildman–Crippen MR) is 118 cm³/mol. The number of urea groups is 1. The molecule has 0 saturated carbocycles. The summed E-state index contributed by atoms with van der Waals surface area (Å²) in [7, 11) is 0. The van der Waals surface area contributed by atoms with Crippen LogP contribution in [-0.2, 0) is 13.1 Å². The molecule has 3 aromatic rings. The van der Waals surface area contributed by atoms with Gasteiger partial charge < -0.3 is 25.2 Å². The number of nitrogens with zero attached hydrogens (tertiary/aromatic N) is 5. The van der Waals surface area contributed by atoms with Crippen molar-refractivity contribution in [2.45, 2.75) is 33.0 Å². The van der Waals surface area contributed by atoms with Crippen molar-refractivity contribution in [1.82, 2.24) is 30.0 Å². The van der Waals surface area contributed by atoms with Crippen molar-refractivity contribution in [2.24, 2.45) is 0 Å². The van der Waals surface area contributed by atoms with Crippen LogP contribution in [0.25, 0.3) is 11.5 Å². The van der Waals surface area contributed by atoms with Crippen LogP contribution in [0.2, 0.25) is 0 Å². The lowest BCUT2D eigenvalue weighted by Gasteiger charge is -2.15. The molecule has 4 rings (SSSR count). The zero-order valence-corrected chi connectivity index (χ0v) is 18.2. The largest absolute Gasteiger partial charge is 0.394 e. The average molecular weight is 453 g/mol. The number of fused-ring (bicyclic) bond motifs is 1. The number of carbonyl (C=O) groups is 2. The molecule has 3 N–H and O–H groups in total. The Morgan fingerprint density at radius 1 is 1.24 bits per heavy atom. The summed E-state index contributed by atoms with van der Waals surface area (Å²) in [6, 6.07) is 7.25. The van der Waals surface area contributed by atoms with Gasteiger partial charge in [0.15, 0.2) is 5.82 Å². The molecule has 10 nitrogen and oxygen atoms in total. The SMILES string of the molecule is CCNC(=O)N1Cc2cc(F)c(C(=O)Nc3cccc(-c4nncn4[C@H](C)CO)n3)cc2C1. The predicted octanol–water partition coefficient (Wildman–Crippen LogP) is 2.33. The van der Waals surface area contributed by atoms with Gasteiger partial charge in [-0.25, -0.2) is 14.2 Å². The van der Waals surface area contributed by atoms with Gasteiger partial charge in [0.25, 0.3) is 5.91 Å². The van der Waals surface area contributed by atoms with Gasteiger partial charge in [0.05, 0.1) is 18.2 Å². The molecule has 1 aliphatic rings. The van der Waals surface area contributed by atoms with E-state index in [2.05, 4.69) is 25.8 Å². The van der Waals surface area contributed by atoms with Crippen LogP contribution in [0.1, 0.15) is 41.4 Å². The summed E-state index contributed by atoms with van der Waals surface area (Å²) < 4.78 is 16.4. The second-order valence-electron chi connectivity index (χ2n) is 7.75. The van der Waals surface area contributed by atoms with Crippen LogP contribution in [0, 0.1) is 5.82 Å². The van der Waals surface area contributed by atoms with Crippen molar-refractivity contribution >= 4 is 17.8 Å². The zero-order chi connectivity index (χ0) is 23.5. The highest BCUT2D eigenvalue weighted by atomic mass is 19.1. The number of aliphatic hydroxyl groups excluding tert-OH is 1. The number of aromatic nitrogens is 4. The monoisotopic (exact) mass is 453 g/mol. The molecule has 1 aromatic carbocycles. The van der Waals surface area contributed by atoms with Gasteiger partial charge in [-0.15, -0.1) is 10.2 Å². The third-order valence-corrected chi connectivity index (χ3v) is 5.40. The number of hydrogen-bond acceptors (Lipinski definition) is 6. The number of benzene rings is 1. The minimum absolute atomic E-state index is 0.101.